The van der Waals surface area contributed by atoms with Gasteiger partial charge < -0.3 is 15.2 Å². The molecule has 0 aliphatic carbocycles. The van der Waals surface area contributed by atoms with Gasteiger partial charge in [-0.2, -0.15) is 0 Å². The second kappa shape index (κ2) is 6.33. The summed E-state index contributed by atoms with van der Waals surface area (Å²) in [5.74, 6) is -5.01. The Balaban J connectivity index is 2.11. The highest BCUT2D eigenvalue weighted by Gasteiger charge is 2.29. The molecule has 0 spiro atoms. The van der Waals surface area contributed by atoms with E-state index in [1.165, 1.54) is 10.9 Å². The smallest absolute Gasteiger partial charge is 0.240 e. The first-order valence-electron chi connectivity index (χ1n) is 8.54. The van der Waals surface area contributed by atoms with Crippen LogP contribution < -0.4 is 0 Å². The molecule has 144 valence electrons. The molecule has 0 aliphatic rings. The number of aromatic nitrogens is 3. The highest BCUT2D eigenvalue weighted by Crippen LogP contribution is 2.47. The van der Waals surface area contributed by atoms with Crippen LogP contribution in [-0.2, 0) is 0 Å². The number of halogens is 3. The summed E-state index contributed by atoms with van der Waals surface area (Å²) >= 11 is 0. The van der Waals surface area contributed by atoms with Crippen molar-refractivity contribution in [2.24, 2.45) is 0 Å². The van der Waals surface area contributed by atoms with Gasteiger partial charge >= 0.3 is 0 Å². The van der Waals surface area contributed by atoms with Crippen molar-refractivity contribution in [3.8, 4) is 28.6 Å². The van der Waals surface area contributed by atoms with Crippen LogP contribution in [0.1, 0.15) is 25.3 Å². The fraction of sp³-hybridized carbons (Fsp3) is 0.150. The van der Waals surface area contributed by atoms with Gasteiger partial charge in [-0.05, 0) is 30.2 Å². The normalized spacial score (nSPS) is 11.6. The predicted octanol–water partition coefficient (Wildman–Crippen LogP) is 4.97. The van der Waals surface area contributed by atoms with Crippen molar-refractivity contribution in [2.45, 2.75) is 19.8 Å². The van der Waals surface area contributed by atoms with Crippen LogP contribution in [0.5, 0.6) is 11.6 Å². The maximum atomic E-state index is 14.6. The summed E-state index contributed by atoms with van der Waals surface area (Å²) in [5.41, 5.74) is 1.39. The van der Waals surface area contributed by atoms with Crippen molar-refractivity contribution in [3.05, 3.63) is 59.7 Å². The monoisotopic (exact) mass is 387 g/mol. The Labute approximate surface area is 157 Å². The van der Waals surface area contributed by atoms with Crippen LogP contribution in [0.3, 0.4) is 0 Å². The van der Waals surface area contributed by atoms with E-state index in [0.29, 0.717) is 22.8 Å². The van der Waals surface area contributed by atoms with E-state index in [0.717, 1.165) is 6.07 Å². The molecule has 0 amide bonds. The van der Waals surface area contributed by atoms with Crippen molar-refractivity contribution in [1.29, 1.82) is 0 Å². The van der Waals surface area contributed by atoms with Crippen LogP contribution in [0, 0.1) is 17.5 Å². The van der Waals surface area contributed by atoms with Crippen molar-refractivity contribution >= 4 is 11.0 Å². The molecule has 0 saturated heterocycles. The number of imidazole rings is 1. The summed E-state index contributed by atoms with van der Waals surface area (Å²) in [6, 6.07) is 6.17. The number of aromatic amines is 1. The number of benzene rings is 2. The lowest BCUT2D eigenvalue weighted by Gasteiger charge is -2.15. The molecule has 0 atom stereocenters. The molecule has 28 heavy (non-hydrogen) atoms. The zero-order valence-electron chi connectivity index (χ0n) is 15.0. The molecule has 4 aromatic rings. The van der Waals surface area contributed by atoms with Gasteiger partial charge in [-0.15, -0.1) is 0 Å². The van der Waals surface area contributed by atoms with Gasteiger partial charge in [0.05, 0.1) is 28.7 Å². The number of H-pyrrole nitrogens is 1. The van der Waals surface area contributed by atoms with Gasteiger partial charge in [-0.25, -0.2) is 18.2 Å². The third-order valence-corrected chi connectivity index (χ3v) is 4.64. The Morgan fingerprint density at radius 3 is 2.54 bits per heavy atom. The van der Waals surface area contributed by atoms with Crippen molar-refractivity contribution in [3.63, 3.8) is 0 Å². The maximum absolute atomic E-state index is 14.6. The van der Waals surface area contributed by atoms with E-state index in [2.05, 4.69) is 9.97 Å². The summed E-state index contributed by atoms with van der Waals surface area (Å²) in [5, 5.41) is 21.1. The number of nitrogens with zero attached hydrogens (tertiary/aromatic N) is 2. The van der Waals surface area contributed by atoms with Gasteiger partial charge in [0.25, 0.3) is 0 Å². The molecule has 0 saturated carbocycles. The number of rotatable bonds is 3. The summed E-state index contributed by atoms with van der Waals surface area (Å²) in [6.07, 6.45) is 1.49. The molecule has 3 N–H and O–H groups in total. The average Bonchev–Trinajstić information content (AvgIpc) is 3.20. The zero-order chi connectivity index (χ0) is 20.2. The van der Waals surface area contributed by atoms with Crippen LogP contribution in [0.4, 0.5) is 13.2 Å². The van der Waals surface area contributed by atoms with Crippen molar-refractivity contribution in [1.82, 2.24) is 14.5 Å². The molecule has 4 rings (SSSR count). The molecular formula is C20H16F3N3O2. The average molecular weight is 387 g/mol. The summed E-state index contributed by atoms with van der Waals surface area (Å²) in [6.45, 7) is 3.43. The molecule has 2 aromatic carbocycles. The van der Waals surface area contributed by atoms with E-state index in [1.807, 2.05) is 0 Å². The number of aromatic hydroxyl groups is 2. The number of fused-ring (bicyclic) bond motifs is 1. The fourth-order valence-electron chi connectivity index (χ4n) is 3.42. The first kappa shape index (κ1) is 18.0. The molecule has 0 bridgehead atoms. The minimum Gasteiger partial charge on any atom is -0.503 e. The van der Waals surface area contributed by atoms with Gasteiger partial charge in [-0.1, -0.05) is 13.8 Å². The molecule has 0 fully saturated rings. The van der Waals surface area contributed by atoms with E-state index in [9.17, 15) is 23.4 Å². The van der Waals surface area contributed by atoms with Gasteiger partial charge in [0.1, 0.15) is 5.82 Å². The van der Waals surface area contributed by atoms with Gasteiger partial charge in [0, 0.05) is 17.2 Å². The SMILES string of the molecule is CC(C)c1c(O)c(O)n(-c2ccc3nc[nH]c3c2)c1-c1cc(F)cc(F)c1F. The summed E-state index contributed by atoms with van der Waals surface area (Å²) in [7, 11) is 0. The minimum absolute atomic E-state index is 0.0280. The van der Waals surface area contributed by atoms with Crippen molar-refractivity contribution < 1.29 is 23.4 Å². The van der Waals surface area contributed by atoms with Gasteiger partial charge in [-0.3, -0.25) is 4.57 Å². The quantitative estimate of drug-likeness (QED) is 0.435. The first-order valence-corrected chi connectivity index (χ1v) is 8.54. The second-order valence-electron chi connectivity index (χ2n) is 6.78. The third-order valence-electron chi connectivity index (χ3n) is 4.64. The maximum Gasteiger partial charge on any atom is 0.240 e. The highest BCUT2D eigenvalue weighted by molar-refractivity contribution is 5.80. The molecule has 8 heteroatoms. The number of hydrogen-bond acceptors (Lipinski definition) is 3. The molecular weight excluding hydrogens is 371 g/mol. The van der Waals surface area contributed by atoms with Crippen LogP contribution in [-0.4, -0.2) is 24.7 Å². The largest absolute Gasteiger partial charge is 0.503 e. The lowest BCUT2D eigenvalue weighted by Crippen LogP contribution is -2.03. The number of nitrogens with one attached hydrogen (secondary N) is 1. The first-order chi connectivity index (χ1) is 13.3. The lowest BCUT2D eigenvalue weighted by atomic mass is 9.97. The third kappa shape index (κ3) is 2.60. The Morgan fingerprint density at radius 1 is 1.07 bits per heavy atom. The van der Waals surface area contributed by atoms with Crippen LogP contribution in [0.2, 0.25) is 0 Å². The molecule has 0 radical (unpaired) electrons. The Kier molecular flexibility index (Phi) is 4.06. The number of hydrogen-bond donors (Lipinski definition) is 3. The van der Waals surface area contributed by atoms with Crippen LogP contribution in [0.25, 0.3) is 28.0 Å². The Bertz CT molecular complexity index is 1210. The Morgan fingerprint density at radius 2 is 1.82 bits per heavy atom. The minimum atomic E-state index is -1.36. The van der Waals surface area contributed by atoms with Crippen molar-refractivity contribution in [2.75, 3.05) is 0 Å². The van der Waals surface area contributed by atoms with E-state index in [4.69, 9.17) is 0 Å². The van der Waals surface area contributed by atoms with E-state index in [-0.39, 0.29) is 17.2 Å². The van der Waals surface area contributed by atoms with E-state index < -0.39 is 34.6 Å². The summed E-state index contributed by atoms with van der Waals surface area (Å²) < 4.78 is 43.6. The summed E-state index contributed by atoms with van der Waals surface area (Å²) in [4.78, 5) is 7.03. The fourth-order valence-corrected chi connectivity index (χ4v) is 3.42. The molecule has 0 unspecified atom stereocenters. The topological polar surface area (TPSA) is 74.1 Å². The van der Waals surface area contributed by atoms with Gasteiger partial charge in [0.15, 0.2) is 17.4 Å². The molecule has 0 aliphatic heterocycles. The highest BCUT2D eigenvalue weighted by atomic mass is 19.2. The predicted molar refractivity (Wildman–Crippen MR) is 98.1 cm³/mol. The van der Waals surface area contributed by atoms with Crippen LogP contribution >= 0.6 is 0 Å². The van der Waals surface area contributed by atoms with Gasteiger partial charge in [0.2, 0.25) is 5.88 Å². The lowest BCUT2D eigenvalue weighted by molar-refractivity contribution is 0.384. The molecule has 2 heterocycles. The molecule has 2 aromatic heterocycles. The second-order valence-corrected chi connectivity index (χ2v) is 6.78. The van der Waals surface area contributed by atoms with E-state index in [1.54, 1.807) is 32.0 Å². The molecule has 5 nitrogen and oxygen atoms in total. The zero-order valence-corrected chi connectivity index (χ0v) is 15.0. The van der Waals surface area contributed by atoms with E-state index >= 15 is 0 Å². The van der Waals surface area contributed by atoms with Crippen LogP contribution in [0.15, 0.2) is 36.7 Å². The Hall–Kier alpha value is -3.42. The standard InChI is InChI=1S/C20H16F3N3O2/c1-9(2)16-18(12-5-10(21)6-13(22)17(12)23)26(20(28)19(16)27)11-3-4-14-15(7-11)25-8-24-14/h3-9,27-28H,1-2H3,(H,24,25).